The lowest BCUT2D eigenvalue weighted by molar-refractivity contribution is -0.104. The second-order valence-electron chi connectivity index (χ2n) is 5.56. The predicted octanol–water partition coefficient (Wildman–Crippen LogP) is 4.77. The van der Waals surface area contributed by atoms with Gasteiger partial charge >= 0.3 is 0 Å². The molecule has 0 heterocycles. The van der Waals surface area contributed by atoms with E-state index < -0.39 is 0 Å². The highest BCUT2D eigenvalue weighted by Crippen LogP contribution is 2.26. The maximum absolute atomic E-state index is 11.3. The van der Waals surface area contributed by atoms with Crippen molar-refractivity contribution in [3.63, 3.8) is 0 Å². The van der Waals surface area contributed by atoms with Crippen LogP contribution >= 0.6 is 0 Å². The van der Waals surface area contributed by atoms with Gasteiger partial charge in [-0.15, -0.1) is 6.58 Å². The van der Waals surface area contributed by atoms with Crippen LogP contribution in [0.25, 0.3) is 0 Å². The largest absolute Gasteiger partial charge is 0.369 e. The minimum Gasteiger partial charge on any atom is -0.369 e. The zero-order valence-electron chi connectivity index (χ0n) is 13.0. The molecule has 0 bridgehead atoms. The van der Waals surface area contributed by atoms with Crippen LogP contribution in [-0.2, 0) is 16.1 Å². The molecule has 1 aliphatic carbocycles. The molecular formula is C20H24O2. The van der Waals surface area contributed by atoms with Crippen LogP contribution in [0.4, 0.5) is 0 Å². The van der Waals surface area contributed by atoms with Crippen molar-refractivity contribution in [3.05, 3.63) is 71.8 Å². The van der Waals surface area contributed by atoms with Gasteiger partial charge in [0.2, 0.25) is 0 Å². The van der Waals surface area contributed by atoms with Crippen LogP contribution < -0.4 is 0 Å². The molecular weight excluding hydrogens is 272 g/mol. The monoisotopic (exact) mass is 296 g/mol. The van der Waals surface area contributed by atoms with E-state index in [9.17, 15) is 4.79 Å². The van der Waals surface area contributed by atoms with Crippen molar-refractivity contribution in [1.29, 1.82) is 0 Å². The van der Waals surface area contributed by atoms with Gasteiger partial charge in [-0.1, -0.05) is 42.5 Å². The summed E-state index contributed by atoms with van der Waals surface area (Å²) in [5.41, 5.74) is 3.12. The van der Waals surface area contributed by atoms with Gasteiger partial charge in [0.05, 0.1) is 12.7 Å². The Bertz CT molecular complexity index is 540. The Balaban J connectivity index is 1.90. The molecule has 22 heavy (non-hydrogen) atoms. The molecule has 0 saturated heterocycles. The summed E-state index contributed by atoms with van der Waals surface area (Å²) < 4.78 is 5.92. The topological polar surface area (TPSA) is 26.3 Å². The fraction of sp³-hybridized carbons (Fsp3) is 0.350. The average molecular weight is 296 g/mol. The third-order valence-corrected chi connectivity index (χ3v) is 3.87. The van der Waals surface area contributed by atoms with E-state index in [1.807, 2.05) is 30.4 Å². The van der Waals surface area contributed by atoms with Crippen LogP contribution in [0.1, 0.15) is 37.7 Å². The van der Waals surface area contributed by atoms with E-state index >= 15 is 0 Å². The highest BCUT2D eigenvalue weighted by Gasteiger charge is 2.17. The Morgan fingerprint density at radius 1 is 1.23 bits per heavy atom. The van der Waals surface area contributed by atoms with E-state index in [-0.39, 0.29) is 6.10 Å². The number of aldehydes is 1. The quantitative estimate of drug-likeness (QED) is 0.392. The number of hydrogen-bond acceptors (Lipinski definition) is 2. The van der Waals surface area contributed by atoms with Crippen molar-refractivity contribution in [3.8, 4) is 0 Å². The maximum atomic E-state index is 11.3. The third-order valence-electron chi connectivity index (χ3n) is 3.87. The Morgan fingerprint density at radius 3 is 2.77 bits per heavy atom. The second-order valence-corrected chi connectivity index (χ2v) is 5.56. The fourth-order valence-electron chi connectivity index (χ4n) is 2.62. The van der Waals surface area contributed by atoms with Crippen LogP contribution in [0.5, 0.6) is 0 Å². The van der Waals surface area contributed by atoms with E-state index in [1.165, 1.54) is 5.57 Å². The van der Waals surface area contributed by atoms with Crippen LogP contribution in [0.15, 0.2) is 66.3 Å². The van der Waals surface area contributed by atoms with E-state index in [0.717, 1.165) is 49.5 Å². The van der Waals surface area contributed by atoms with Crippen molar-refractivity contribution in [1.82, 2.24) is 0 Å². The first-order valence-corrected chi connectivity index (χ1v) is 7.96. The van der Waals surface area contributed by atoms with Gasteiger partial charge in [0.1, 0.15) is 6.29 Å². The number of carbonyl (C=O) groups is 1. The van der Waals surface area contributed by atoms with E-state index in [0.29, 0.717) is 6.61 Å². The molecule has 0 spiro atoms. The summed E-state index contributed by atoms with van der Waals surface area (Å²) in [5.74, 6) is 0. The molecule has 1 aromatic rings. The van der Waals surface area contributed by atoms with Gasteiger partial charge in [0.15, 0.2) is 0 Å². The Kier molecular flexibility index (Phi) is 6.85. The standard InChI is InChI=1S/C20H24O2/c1-2-3-4-8-11-18-12-13-20(14-19(18)15-21)22-16-17-9-6-5-7-10-17/h2,5-7,9-11,14-15,20H,1,3-4,8,12-13,16H2/b18-11+/t20-/m1/s1. The van der Waals surface area contributed by atoms with Gasteiger partial charge in [-0.25, -0.2) is 0 Å². The van der Waals surface area contributed by atoms with Crippen molar-refractivity contribution in [2.45, 2.75) is 44.8 Å². The number of unbranched alkanes of at least 4 members (excludes halogenated alkanes) is 2. The normalized spacial score (nSPS) is 19.7. The molecule has 0 aliphatic heterocycles. The molecule has 0 saturated carbocycles. The van der Waals surface area contributed by atoms with Crippen molar-refractivity contribution >= 4 is 6.29 Å². The zero-order chi connectivity index (χ0) is 15.6. The zero-order valence-corrected chi connectivity index (χ0v) is 13.0. The summed E-state index contributed by atoms with van der Waals surface area (Å²) in [4.78, 5) is 11.3. The highest BCUT2D eigenvalue weighted by molar-refractivity contribution is 5.80. The Hall–Kier alpha value is -1.93. The second kappa shape index (κ2) is 9.16. The molecule has 1 aliphatic rings. The summed E-state index contributed by atoms with van der Waals surface area (Å²) >= 11 is 0. The van der Waals surface area contributed by atoms with E-state index in [2.05, 4.69) is 24.8 Å². The Morgan fingerprint density at radius 2 is 2.05 bits per heavy atom. The first-order chi connectivity index (χ1) is 10.8. The SMILES string of the molecule is C=CCCC/C=C1\CC[C@@H](OCc2ccccc2)C=C1C=O. The lowest BCUT2D eigenvalue weighted by Crippen LogP contribution is -2.16. The summed E-state index contributed by atoms with van der Waals surface area (Å²) in [6.07, 6.45) is 12.1. The molecule has 0 radical (unpaired) electrons. The van der Waals surface area contributed by atoms with Crippen molar-refractivity contribution in [2.24, 2.45) is 0 Å². The van der Waals surface area contributed by atoms with Gasteiger partial charge < -0.3 is 4.74 Å². The number of benzene rings is 1. The maximum Gasteiger partial charge on any atom is 0.150 e. The smallest absolute Gasteiger partial charge is 0.150 e. The number of ether oxygens (including phenoxy) is 1. The van der Waals surface area contributed by atoms with Gasteiger partial charge in [-0.05, 0) is 49.3 Å². The number of rotatable bonds is 8. The molecule has 0 fully saturated rings. The minimum atomic E-state index is 0.0331. The molecule has 0 unspecified atom stereocenters. The minimum absolute atomic E-state index is 0.0331. The van der Waals surface area contributed by atoms with Crippen LogP contribution in [0, 0.1) is 0 Å². The molecule has 116 valence electrons. The molecule has 1 aromatic carbocycles. The lowest BCUT2D eigenvalue weighted by Gasteiger charge is -2.22. The summed E-state index contributed by atoms with van der Waals surface area (Å²) in [6, 6.07) is 10.1. The number of hydrogen-bond donors (Lipinski definition) is 0. The van der Waals surface area contributed by atoms with E-state index in [4.69, 9.17) is 4.74 Å². The van der Waals surface area contributed by atoms with Crippen LogP contribution in [0.2, 0.25) is 0 Å². The predicted molar refractivity (Wildman–Crippen MR) is 90.5 cm³/mol. The molecule has 0 aromatic heterocycles. The Labute approximate surface area is 133 Å². The third kappa shape index (κ3) is 5.12. The molecule has 2 heteroatoms. The fourth-order valence-corrected chi connectivity index (χ4v) is 2.62. The van der Waals surface area contributed by atoms with Crippen LogP contribution in [0.3, 0.4) is 0 Å². The van der Waals surface area contributed by atoms with Gasteiger partial charge in [0.25, 0.3) is 0 Å². The van der Waals surface area contributed by atoms with Crippen molar-refractivity contribution < 1.29 is 9.53 Å². The summed E-state index contributed by atoms with van der Waals surface area (Å²) in [7, 11) is 0. The van der Waals surface area contributed by atoms with Crippen molar-refractivity contribution in [2.75, 3.05) is 0 Å². The van der Waals surface area contributed by atoms with Gasteiger partial charge in [0, 0.05) is 5.57 Å². The molecule has 2 rings (SSSR count). The van der Waals surface area contributed by atoms with Gasteiger partial charge in [-0.3, -0.25) is 4.79 Å². The summed E-state index contributed by atoms with van der Waals surface area (Å²) in [6.45, 7) is 4.32. The summed E-state index contributed by atoms with van der Waals surface area (Å²) in [5, 5.41) is 0. The van der Waals surface area contributed by atoms with Crippen LogP contribution in [-0.4, -0.2) is 12.4 Å². The van der Waals surface area contributed by atoms with E-state index in [1.54, 1.807) is 0 Å². The molecule has 1 atom stereocenters. The molecule has 0 N–H and O–H groups in total. The first kappa shape index (κ1) is 16.4. The average Bonchev–Trinajstić information content (AvgIpc) is 2.58. The molecule has 2 nitrogen and oxygen atoms in total. The van der Waals surface area contributed by atoms with Gasteiger partial charge in [-0.2, -0.15) is 0 Å². The number of allylic oxidation sites excluding steroid dienone is 4. The lowest BCUT2D eigenvalue weighted by atomic mass is 9.91. The first-order valence-electron chi connectivity index (χ1n) is 7.96. The number of carbonyl (C=O) groups excluding carboxylic acids is 1. The highest BCUT2D eigenvalue weighted by atomic mass is 16.5. The molecule has 0 amide bonds.